The first kappa shape index (κ1) is 17.9. The van der Waals surface area contributed by atoms with Crippen molar-refractivity contribution in [3.8, 4) is 5.69 Å². The topological polar surface area (TPSA) is 41.4 Å². The summed E-state index contributed by atoms with van der Waals surface area (Å²) < 4.78 is 2.22. The van der Waals surface area contributed by atoms with E-state index in [1.54, 1.807) is 6.21 Å². The zero-order chi connectivity index (χ0) is 18.5. The summed E-state index contributed by atoms with van der Waals surface area (Å²) in [5, 5.41) is 7.82. The average molecular weight is 363 g/mol. The summed E-state index contributed by atoms with van der Waals surface area (Å²) in [5.41, 5.74) is 9.55. The minimum absolute atomic E-state index is 0.458. The number of thiocarbonyl (C=S) groups is 1. The Morgan fingerprint density at radius 3 is 2.38 bits per heavy atom. The van der Waals surface area contributed by atoms with Gasteiger partial charge in [0.2, 0.25) is 0 Å². The molecule has 0 fully saturated rings. The third-order valence-corrected chi connectivity index (χ3v) is 4.36. The third-order valence-electron chi connectivity index (χ3n) is 4.16. The van der Waals surface area contributed by atoms with Gasteiger partial charge in [-0.25, -0.2) is 0 Å². The lowest BCUT2D eigenvalue weighted by Crippen LogP contribution is -2.23. The van der Waals surface area contributed by atoms with Gasteiger partial charge in [-0.05, 0) is 63.3 Å². The predicted molar refractivity (Wildman–Crippen MR) is 113 cm³/mol. The van der Waals surface area contributed by atoms with Crippen molar-refractivity contribution in [2.75, 3.05) is 5.32 Å². The summed E-state index contributed by atoms with van der Waals surface area (Å²) in [5.74, 6) is 0. The van der Waals surface area contributed by atoms with Crippen molar-refractivity contribution in [1.82, 2.24) is 9.99 Å². The molecule has 1 heterocycles. The molecule has 0 atom stereocenters. The molecule has 3 rings (SSSR count). The van der Waals surface area contributed by atoms with E-state index in [4.69, 9.17) is 12.2 Å². The molecule has 2 aromatic carbocycles. The lowest BCUT2D eigenvalue weighted by atomic mass is 10.2. The van der Waals surface area contributed by atoms with E-state index in [1.165, 1.54) is 5.56 Å². The van der Waals surface area contributed by atoms with Gasteiger partial charge in [-0.15, -0.1) is 0 Å². The number of anilines is 1. The molecule has 0 spiro atoms. The zero-order valence-electron chi connectivity index (χ0n) is 15.2. The fourth-order valence-electron chi connectivity index (χ4n) is 2.85. The fourth-order valence-corrected chi connectivity index (χ4v) is 3.02. The number of hydrogen-bond donors (Lipinski definition) is 2. The Bertz CT molecular complexity index is 925. The predicted octanol–water partition coefficient (Wildman–Crippen LogP) is 4.72. The maximum atomic E-state index is 5.26. The van der Waals surface area contributed by atoms with Gasteiger partial charge in [-0.3, -0.25) is 5.43 Å². The van der Waals surface area contributed by atoms with Crippen LogP contribution in [0.2, 0.25) is 0 Å². The van der Waals surface area contributed by atoms with E-state index in [1.807, 2.05) is 30.3 Å². The molecule has 0 saturated carbocycles. The highest BCUT2D eigenvalue weighted by atomic mass is 32.1. The van der Waals surface area contributed by atoms with E-state index >= 15 is 0 Å². The summed E-state index contributed by atoms with van der Waals surface area (Å²) in [7, 11) is 0. The monoisotopic (exact) mass is 362 g/mol. The van der Waals surface area contributed by atoms with Gasteiger partial charge in [-0.1, -0.05) is 35.9 Å². The van der Waals surface area contributed by atoms with Crippen molar-refractivity contribution in [2.45, 2.75) is 20.8 Å². The molecule has 0 aliphatic carbocycles. The maximum Gasteiger partial charge on any atom is 0.191 e. The number of hydrogen-bond acceptors (Lipinski definition) is 2. The summed E-state index contributed by atoms with van der Waals surface area (Å²) in [6, 6.07) is 20.4. The molecule has 0 saturated heterocycles. The molecule has 26 heavy (non-hydrogen) atoms. The largest absolute Gasteiger partial charge is 0.331 e. The zero-order valence-corrected chi connectivity index (χ0v) is 16.0. The highest BCUT2D eigenvalue weighted by Crippen LogP contribution is 2.20. The third kappa shape index (κ3) is 4.18. The van der Waals surface area contributed by atoms with E-state index in [0.29, 0.717) is 5.11 Å². The molecular formula is C21H22N4S. The van der Waals surface area contributed by atoms with Gasteiger partial charge < -0.3 is 9.88 Å². The van der Waals surface area contributed by atoms with Crippen LogP contribution >= 0.6 is 12.2 Å². The minimum atomic E-state index is 0.458. The highest BCUT2D eigenvalue weighted by Gasteiger charge is 2.09. The molecule has 4 nitrogen and oxygen atoms in total. The maximum absolute atomic E-state index is 5.26. The van der Waals surface area contributed by atoms with Crippen molar-refractivity contribution in [3.63, 3.8) is 0 Å². The number of aryl methyl sites for hydroxylation is 2. The average Bonchev–Trinajstić information content (AvgIpc) is 2.90. The summed E-state index contributed by atoms with van der Waals surface area (Å²) in [4.78, 5) is 0. The normalized spacial score (nSPS) is 10.9. The first-order chi connectivity index (χ1) is 12.5. The lowest BCUT2D eigenvalue weighted by Gasteiger charge is -2.10. The molecule has 2 N–H and O–H groups in total. The first-order valence-corrected chi connectivity index (χ1v) is 8.86. The molecule has 0 aliphatic rings. The fraction of sp³-hybridized carbons (Fsp3) is 0.143. The number of benzene rings is 2. The summed E-state index contributed by atoms with van der Waals surface area (Å²) in [6.45, 7) is 6.28. The summed E-state index contributed by atoms with van der Waals surface area (Å²) in [6.07, 6.45) is 1.80. The van der Waals surface area contributed by atoms with Crippen LogP contribution in [0.3, 0.4) is 0 Å². The van der Waals surface area contributed by atoms with Gasteiger partial charge in [-0.2, -0.15) is 5.10 Å². The highest BCUT2D eigenvalue weighted by molar-refractivity contribution is 7.80. The standard InChI is InChI=1S/C21H22N4S/c1-15-9-11-20(12-10-15)25-16(2)13-18(17(25)3)14-22-24-21(26)23-19-7-5-4-6-8-19/h4-14H,1-3H3,(H2,23,24,26)/b22-14-. The number of nitrogens with one attached hydrogen (secondary N) is 2. The van der Waals surface area contributed by atoms with Gasteiger partial charge in [0.15, 0.2) is 5.11 Å². The molecule has 3 aromatic rings. The molecule has 132 valence electrons. The van der Waals surface area contributed by atoms with Crippen LogP contribution < -0.4 is 10.7 Å². The molecule has 1 aromatic heterocycles. The van der Waals surface area contributed by atoms with Gasteiger partial charge >= 0.3 is 0 Å². The van der Waals surface area contributed by atoms with Crippen LogP contribution in [0, 0.1) is 20.8 Å². The van der Waals surface area contributed by atoms with Crippen LogP contribution in [0.4, 0.5) is 5.69 Å². The number of nitrogens with zero attached hydrogens (tertiary/aromatic N) is 2. The number of hydrazone groups is 1. The van der Waals surface area contributed by atoms with Crippen molar-refractivity contribution in [3.05, 3.63) is 83.2 Å². The Morgan fingerprint density at radius 2 is 1.69 bits per heavy atom. The van der Waals surface area contributed by atoms with Gasteiger partial charge in [0.25, 0.3) is 0 Å². The Labute approximate surface area is 159 Å². The SMILES string of the molecule is Cc1ccc(-n2c(C)cc(/C=N\NC(=S)Nc3ccccc3)c2C)cc1. The van der Waals surface area contributed by atoms with Crippen molar-refractivity contribution < 1.29 is 0 Å². The van der Waals surface area contributed by atoms with Crippen LogP contribution in [0.1, 0.15) is 22.5 Å². The van der Waals surface area contributed by atoms with Crippen molar-refractivity contribution >= 4 is 29.2 Å². The number of para-hydroxylation sites is 1. The molecule has 0 amide bonds. The smallest absolute Gasteiger partial charge is 0.191 e. The van der Waals surface area contributed by atoms with Crippen molar-refractivity contribution in [2.24, 2.45) is 5.10 Å². The molecule has 0 bridgehead atoms. The molecule has 0 radical (unpaired) electrons. The Morgan fingerprint density at radius 1 is 1.00 bits per heavy atom. The van der Waals surface area contributed by atoms with Crippen LogP contribution in [-0.2, 0) is 0 Å². The molecular weight excluding hydrogens is 340 g/mol. The Balaban J connectivity index is 1.70. The van der Waals surface area contributed by atoms with Crippen LogP contribution in [0.25, 0.3) is 5.69 Å². The van der Waals surface area contributed by atoms with E-state index in [0.717, 1.165) is 28.3 Å². The van der Waals surface area contributed by atoms with Gasteiger partial charge in [0, 0.05) is 28.3 Å². The molecule has 0 unspecified atom stereocenters. The Hall–Kier alpha value is -2.92. The van der Waals surface area contributed by atoms with Gasteiger partial charge in [0.1, 0.15) is 0 Å². The summed E-state index contributed by atoms with van der Waals surface area (Å²) >= 11 is 5.26. The van der Waals surface area contributed by atoms with Crippen LogP contribution in [0.5, 0.6) is 0 Å². The van der Waals surface area contributed by atoms with E-state index in [9.17, 15) is 0 Å². The molecule has 5 heteroatoms. The van der Waals surface area contributed by atoms with E-state index < -0.39 is 0 Å². The first-order valence-electron chi connectivity index (χ1n) is 8.45. The second kappa shape index (κ2) is 7.97. The van der Waals surface area contributed by atoms with Crippen molar-refractivity contribution in [1.29, 1.82) is 0 Å². The minimum Gasteiger partial charge on any atom is -0.331 e. The van der Waals surface area contributed by atoms with Gasteiger partial charge in [0.05, 0.1) is 6.21 Å². The molecule has 0 aliphatic heterocycles. The number of rotatable bonds is 4. The van der Waals surface area contributed by atoms with E-state index in [2.05, 4.69) is 71.5 Å². The van der Waals surface area contributed by atoms with Crippen LogP contribution in [0.15, 0.2) is 65.8 Å². The second-order valence-corrected chi connectivity index (χ2v) is 6.60. The number of aromatic nitrogens is 1. The Kier molecular flexibility index (Phi) is 5.49. The quantitative estimate of drug-likeness (QED) is 0.401. The van der Waals surface area contributed by atoms with E-state index in [-0.39, 0.29) is 0 Å². The van der Waals surface area contributed by atoms with Crippen LogP contribution in [-0.4, -0.2) is 15.9 Å². The lowest BCUT2D eigenvalue weighted by molar-refractivity contribution is 0.963. The second-order valence-electron chi connectivity index (χ2n) is 6.19.